The van der Waals surface area contributed by atoms with Gasteiger partial charge in [-0.25, -0.2) is 0 Å². The Bertz CT molecular complexity index is 798. The highest BCUT2D eigenvalue weighted by Gasteiger charge is 2.13. The van der Waals surface area contributed by atoms with Gasteiger partial charge >= 0.3 is 0 Å². The first-order valence-corrected chi connectivity index (χ1v) is 10.4. The normalized spacial score (nSPS) is 10.6. The van der Waals surface area contributed by atoms with Crippen LogP contribution < -0.4 is 15.4 Å². The molecule has 6 nitrogen and oxygen atoms in total. The highest BCUT2D eigenvalue weighted by Crippen LogP contribution is 2.25. The zero-order valence-corrected chi connectivity index (χ0v) is 17.3. The average molecular weight is 402 g/mol. The zero-order chi connectivity index (χ0) is 20.4. The van der Waals surface area contributed by atoms with Gasteiger partial charge in [0, 0.05) is 17.9 Å². The summed E-state index contributed by atoms with van der Waals surface area (Å²) in [6.07, 6.45) is 2.29. The van der Waals surface area contributed by atoms with Crippen LogP contribution in [0.15, 0.2) is 53.4 Å². The lowest BCUT2D eigenvalue weighted by Gasteiger charge is -2.20. The number of likely N-dealkylation sites (N-methyl/N-ethyl adjacent to an activating group) is 1. The van der Waals surface area contributed by atoms with Crippen molar-refractivity contribution in [2.45, 2.75) is 18.2 Å². The largest absolute Gasteiger partial charge is 0.495 e. The van der Waals surface area contributed by atoms with Crippen molar-refractivity contribution in [3.05, 3.63) is 48.5 Å². The predicted octanol–water partition coefficient (Wildman–Crippen LogP) is 3.71. The topological polar surface area (TPSA) is 70.7 Å². The zero-order valence-electron chi connectivity index (χ0n) is 16.5. The highest BCUT2D eigenvalue weighted by atomic mass is 32.2. The third-order valence-corrected chi connectivity index (χ3v) is 5.03. The van der Waals surface area contributed by atoms with Crippen LogP contribution in [0.5, 0.6) is 5.75 Å². The molecule has 0 fully saturated rings. The van der Waals surface area contributed by atoms with Crippen molar-refractivity contribution in [2.75, 3.05) is 43.6 Å². The van der Waals surface area contributed by atoms with E-state index in [1.54, 1.807) is 31.0 Å². The van der Waals surface area contributed by atoms with Gasteiger partial charge in [-0.1, -0.05) is 31.2 Å². The molecule has 2 amide bonds. The van der Waals surface area contributed by atoms with Gasteiger partial charge in [0.1, 0.15) is 5.75 Å². The van der Waals surface area contributed by atoms with Crippen LogP contribution in [0.4, 0.5) is 11.4 Å². The summed E-state index contributed by atoms with van der Waals surface area (Å²) in [5.74, 6) is 0.412. The second-order valence-electron chi connectivity index (χ2n) is 6.12. The maximum Gasteiger partial charge on any atom is 0.238 e. The lowest BCUT2D eigenvalue weighted by Crippen LogP contribution is -2.35. The van der Waals surface area contributed by atoms with Crippen LogP contribution in [0.3, 0.4) is 0 Å². The Morgan fingerprint density at radius 3 is 2.32 bits per heavy atom. The Morgan fingerprint density at radius 1 is 1.00 bits per heavy atom. The minimum Gasteiger partial charge on any atom is -0.495 e. The summed E-state index contributed by atoms with van der Waals surface area (Å²) in [5.41, 5.74) is 1.45. The van der Waals surface area contributed by atoms with Gasteiger partial charge in [0.25, 0.3) is 0 Å². The SMILES string of the molecule is CCN(CCC(=O)Nc1ccccc1SC)CC(=O)Nc1ccccc1OC. The molecule has 0 aliphatic heterocycles. The Kier molecular flexibility index (Phi) is 8.84. The van der Waals surface area contributed by atoms with Gasteiger partial charge in [0.2, 0.25) is 11.8 Å². The van der Waals surface area contributed by atoms with E-state index in [4.69, 9.17) is 4.74 Å². The van der Waals surface area contributed by atoms with E-state index in [0.29, 0.717) is 30.9 Å². The van der Waals surface area contributed by atoms with E-state index in [1.165, 1.54) is 0 Å². The Balaban J connectivity index is 1.84. The molecule has 28 heavy (non-hydrogen) atoms. The maximum absolute atomic E-state index is 12.4. The summed E-state index contributed by atoms with van der Waals surface area (Å²) in [6.45, 7) is 3.36. The molecule has 0 bridgehead atoms. The van der Waals surface area contributed by atoms with Crippen LogP contribution in [-0.4, -0.2) is 49.7 Å². The van der Waals surface area contributed by atoms with Crippen LogP contribution in [0.2, 0.25) is 0 Å². The van der Waals surface area contributed by atoms with Gasteiger partial charge < -0.3 is 15.4 Å². The maximum atomic E-state index is 12.4. The van der Waals surface area contributed by atoms with Crippen LogP contribution in [0.1, 0.15) is 13.3 Å². The van der Waals surface area contributed by atoms with Gasteiger partial charge in [-0.2, -0.15) is 0 Å². The summed E-state index contributed by atoms with van der Waals surface area (Å²) >= 11 is 1.59. The predicted molar refractivity (Wildman–Crippen MR) is 115 cm³/mol. The molecular weight excluding hydrogens is 374 g/mol. The molecule has 2 N–H and O–H groups in total. The first-order chi connectivity index (χ1) is 13.6. The quantitative estimate of drug-likeness (QED) is 0.594. The number of carbonyl (C=O) groups is 2. The molecule has 0 aliphatic carbocycles. The lowest BCUT2D eigenvalue weighted by molar-refractivity contribution is -0.119. The molecule has 0 heterocycles. The van der Waals surface area contributed by atoms with E-state index in [1.807, 2.05) is 54.5 Å². The van der Waals surface area contributed by atoms with Crippen molar-refractivity contribution in [2.24, 2.45) is 0 Å². The summed E-state index contributed by atoms with van der Waals surface area (Å²) in [6, 6.07) is 15.0. The van der Waals surface area contributed by atoms with E-state index in [-0.39, 0.29) is 18.4 Å². The number of benzene rings is 2. The number of rotatable bonds is 10. The molecule has 2 rings (SSSR count). The molecule has 7 heteroatoms. The summed E-state index contributed by atoms with van der Waals surface area (Å²) in [4.78, 5) is 27.6. The molecule has 0 unspecified atom stereocenters. The van der Waals surface area contributed by atoms with Crippen molar-refractivity contribution >= 4 is 35.0 Å². The number of thioether (sulfide) groups is 1. The number of para-hydroxylation sites is 3. The van der Waals surface area contributed by atoms with Gasteiger partial charge in [-0.05, 0) is 37.1 Å². The smallest absolute Gasteiger partial charge is 0.238 e. The minimum atomic E-state index is -0.139. The summed E-state index contributed by atoms with van der Waals surface area (Å²) < 4.78 is 5.25. The van der Waals surface area contributed by atoms with E-state index in [2.05, 4.69) is 10.6 Å². The molecule has 150 valence electrons. The van der Waals surface area contributed by atoms with Gasteiger partial charge in [0.05, 0.1) is 25.0 Å². The molecule has 0 spiro atoms. The fourth-order valence-corrected chi connectivity index (χ4v) is 3.26. The number of carbonyl (C=O) groups excluding carboxylic acids is 2. The number of nitrogens with zero attached hydrogens (tertiary/aromatic N) is 1. The molecular formula is C21H27N3O3S. The number of hydrogen-bond acceptors (Lipinski definition) is 5. The van der Waals surface area contributed by atoms with Crippen molar-refractivity contribution in [1.82, 2.24) is 4.90 Å². The van der Waals surface area contributed by atoms with Crippen molar-refractivity contribution in [3.8, 4) is 5.75 Å². The van der Waals surface area contributed by atoms with Crippen molar-refractivity contribution in [3.63, 3.8) is 0 Å². The molecule has 2 aromatic rings. The number of hydrogen-bond donors (Lipinski definition) is 2. The number of amides is 2. The molecule has 2 aromatic carbocycles. The number of nitrogens with one attached hydrogen (secondary N) is 2. The third-order valence-electron chi connectivity index (χ3n) is 4.23. The molecule has 0 saturated heterocycles. The van der Waals surface area contributed by atoms with Gasteiger partial charge in [0.15, 0.2) is 0 Å². The number of methoxy groups -OCH3 is 1. The molecule has 0 aromatic heterocycles. The van der Waals surface area contributed by atoms with Gasteiger partial charge in [-0.3, -0.25) is 14.5 Å². The molecule has 0 radical (unpaired) electrons. The lowest BCUT2D eigenvalue weighted by atomic mass is 10.2. The fourth-order valence-electron chi connectivity index (χ4n) is 2.71. The van der Waals surface area contributed by atoms with E-state index < -0.39 is 0 Å². The Labute approximate surface area is 170 Å². The van der Waals surface area contributed by atoms with Crippen molar-refractivity contribution < 1.29 is 14.3 Å². The summed E-state index contributed by atoms with van der Waals surface area (Å²) in [5, 5.41) is 5.81. The second-order valence-corrected chi connectivity index (χ2v) is 6.96. The average Bonchev–Trinajstić information content (AvgIpc) is 2.71. The highest BCUT2D eigenvalue weighted by molar-refractivity contribution is 7.98. The van der Waals surface area contributed by atoms with Gasteiger partial charge in [-0.15, -0.1) is 11.8 Å². The minimum absolute atomic E-state index is 0.0647. The Morgan fingerprint density at radius 2 is 1.64 bits per heavy atom. The number of anilines is 2. The van der Waals surface area contributed by atoms with Crippen LogP contribution in [0.25, 0.3) is 0 Å². The first-order valence-electron chi connectivity index (χ1n) is 9.15. The van der Waals surface area contributed by atoms with Crippen molar-refractivity contribution in [1.29, 1.82) is 0 Å². The second kappa shape index (κ2) is 11.4. The monoisotopic (exact) mass is 401 g/mol. The van der Waals surface area contributed by atoms with Crippen LogP contribution >= 0.6 is 11.8 Å². The van der Waals surface area contributed by atoms with E-state index in [0.717, 1.165) is 10.6 Å². The first kappa shape index (κ1) is 21.8. The third kappa shape index (κ3) is 6.58. The van der Waals surface area contributed by atoms with Crippen LogP contribution in [-0.2, 0) is 9.59 Å². The number of ether oxygens (including phenoxy) is 1. The Hall–Kier alpha value is -2.51. The molecule has 0 atom stereocenters. The summed E-state index contributed by atoms with van der Waals surface area (Å²) in [7, 11) is 1.57. The fraction of sp³-hybridized carbons (Fsp3) is 0.333. The standard InChI is InChI=1S/C21H27N3O3S/c1-4-24(15-21(26)22-16-9-5-7-11-18(16)27-2)14-13-20(25)23-17-10-6-8-12-19(17)28-3/h5-12H,4,13-15H2,1-3H3,(H,22,26)(H,23,25). The van der Waals surface area contributed by atoms with E-state index in [9.17, 15) is 9.59 Å². The molecule has 0 saturated carbocycles. The van der Waals surface area contributed by atoms with E-state index >= 15 is 0 Å². The molecule has 0 aliphatic rings. The van der Waals surface area contributed by atoms with Crippen LogP contribution in [0, 0.1) is 0 Å².